The molecule has 1 heterocycles. The minimum absolute atomic E-state index is 0. The third-order valence-electron chi connectivity index (χ3n) is 3.69. The van der Waals surface area contributed by atoms with Gasteiger partial charge >= 0.3 is 6.18 Å². The Morgan fingerprint density at radius 3 is 2.05 bits per heavy atom. The number of carbonyl (C=O) groups excluding carboxylic acids is 1. The lowest BCUT2D eigenvalue weighted by Gasteiger charge is -2.35. The van der Waals surface area contributed by atoms with Gasteiger partial charge in [-0.3, -0.25) is 4.79 Å². The zero-order chi connectivity index (χ0) is 14.1. The van der Waals surface area contributed by atoms with Gasteiger partial charge in [-0.15, -0.1) is 12.4 Å². The Kier molecular flexibility index (Phi) is 5.05. The van der Waals surface area contributed by atoms with Crippen molar-refractivity contribution < 1.29 is 18.0 Å². The molecule has 1 aliphatic rings. The molecule has 0 radical (unpaired) electrons. The summed E-state index contributed by atoms with van der Waals surface area (Å²) in [6, 6.07) is 4.72. The van der Waals surface area contributed by atoms with Crippen LogP contribution in [0.4, 0.5) is 13.2 Å². The number of amides is 1. The lowest BCUT2D eigenvalue weighted by atomic mass is 9.72. The molecular weight excluding hydrogens is 293 g/mol. The van der Waals surface area contributed by atoms with Gasteiger partial charge < -0.3 is 11.1 Å². The Morgan fingerprint density at radius 1 is 1.15 bits per heavy atom. The van der Waals surface area contributed by atoms with Crippen LogP contribution in [0.15, 0.2) is 24.3 Å². The Hall–Kier alpha value is -1.27. The number of halogens is 4. The first kappa shape index (κ1) is 16.8. The van der Waals surface area contributed by atoms with Gasteiger partial charge in [0.25, 0.3) is 0 Å². The van der Waals surface area contributed by atoms with Crippen molar-refractivity contribution in [2.45, 2.75) is 24.4 Å². The smallest absolute Gasteiger partial charge is 0.369 e. The van der Waals surface area contributed by atoms with E-state index in [1.807, 2.05) is 0 Å². The number of hydrogen-bond acceptors (Lipinski definition) is 2. The van der Waals surface area contributed by atoms with E-state index in [4.69, 9.17) is 5.73 Å². The number of rotatable bonds is 2. The topological polar surface area (TPSA) is 55.1 Å². The summed E-state index contributed by atoms with van der Waals surface area (Å²) in [5.74, 6) is -0.478. The van der Waals surface area contributed by atoms with E-state index in [1.54, 1.807) is 0 Å². The van der Waals surface area contributed by atoms with Gasteiger partial charge in [-0.05, 0) is 43.6 Å². The molecule has 2 rings (SSSR count). The molecule has 3 N–H and O–H groups in total. The standard InChI is InChI=1S/C13H15F3N2O.ClH/c14-13(15,16)10-3-1-9(2-4-10)12(11(17)19)5-7-18-8-6-12;/h1-4,18H,5-8H2,(H2,17,19);1H. The second-order valence-corrected chi connectivity index (χ2v) is 4.77. The summed E-state index contributed by atoms with van der Waals surface area (Å²) in [7, 11) is 0. The molecule has 0 spiro atoms. The van der Waals surface area contributed by atoms with Gasteiger partial charge in [0.1, 0.15) is 0 Å². The van der Waals surface area contributed by atoms with Crippen molar-refractivity contribution in [2.75, 3.05) is 13.1 Å². The van der Waals surface area contributed by atoms with Crippen LogP contribution in [0.3, 0.4) is 0 Å². The average Bonchev–Trinajstić information content (AvgIpc) is 2.38. The third-order valence-corrected chi connectivity index (χ3v) is 3.69. The highest BCUT2D eigenvalue weighted by molar-refractivity contribution is 5.87. The molecule has 3 nitrogen and oxygen atoms in total. The van der Waals surface area contributed by atoms with Crippen LogP contribution in [0, 0.1) is 0 Å². The normalized spacial score (nSPS) is 18.1. The highest BCUT2D eigenvalue weighted by atomic mass is 35.5. The zero-order valence-electron chi connectivity index (χ0n) is 10.7. The maximum Gasteiger partial charge on any atom is 0.416 e. The summed E-state index contributed by atoms with van der Waals surface area (Å²) in [6.07, 6.45) is -3.35. The van der Waals surface area contributed by atoms with Gasteiger partial charge in [-0.1, -0.05) is 12.1 Å². The minimum Gasteiger partial charge on any atom is -0.369 e. The zero-order valence-corrected chi connectivity index (χ0v) is 11.5. The predicted molar refractivity (Wildman–Crippen MR) is 71.7 cm³/mol. The molecule has 1 amide bonds. The van der Waals surface area contributed by atoms with Crippen LogP contribution in [0.25, 0.3) is 0 Å². The number of piperidine rings is 1. The highest BCUT2D eigenvalue weighted by Gasteiger charge is 2.40. The molecule has 1 aromatic carbocycles. The molecule has 1 aromatic rings. The number of alkyl halides is 3. The molecule has 0 unspecified atom stereocenters. The van der Waals surface area contributed by atoms with Gasteiger partial charge in [-0.25, -0.2) is 0 Å². The highest BCUT2D eigenvalue weighted by Crippen LogP contribution is 2.35. The second-order valence-electron chi connectivity index (χ2n) is 4.77. The van der Waals surface area contributed by atoms with Crippen LogP contribution in [-0.4, -0.2) is 19.0 Å². The fraction of sp³-hybridized carbons (Fsp3) is 0.462. The van der Waals surface area contributed by atoms with Crippen LogP contribution in [0.2, 0.25) is 0 Å². The van der Waals surface area contributed by atoms with E-state index in [1.165, 1.54) is 12.1 Å². The van der Waals surface area contributed by atoms with Crippen LogP contribution >= 0.6 is 12.4 Å². The molecule has 0 aromatic heterocycles. The Balaban J connectivity index is 0.00000200. The summed E-state index contributed by atoms with van der Waals surface area (Å²) in [5.41, 5.74) is 4.46. The van der Waals surface area contributed by atoms with Crippen molar-refractivity contribution in [3.8, 4) is 0 Å². The monoisotopic (exact) mass is 308 g/mol. The van der Waals surface area contributed by atoms with E-state index < -0.39 is 23.1 Å². The number of primary amides is 1. The largest absolute Gasteiger partial charge is 0.416 e. The quantitative estimate of drug-likeness (QED) is 0.880. The molecule has 0 atom stereocenters. The van der Waals surface area contributed by atoms with Crippen molar-refractivity contribution in [3.05, 3.63) is 35.4 Å². The maximum absolute atomic E-state index is 12.5. The molecule has 1 aliphatic heterocycles. The SMILES string of the molecule is Cl.NC(=O)C1(c2ccc(C(F)(F)F)cc2)CCNCC1. The number of hydrogen-bond donors (Lipinski definition) is 2. The lowest BCUT2D eigenvalue weighted by Crippen LogP contribution is -2.48. The van der Waals surface area contributed by atoms with Gasteiger partial charge in [0.2, 0.25) is 5.91 Å². The van der Waals surface area contributed by atoms with Gasteiger partial charge in [0, 0.05) is 0 Å². The Bertz CT molecular complexity index is 467. The summed E-state index contributed by atoms with van der Waals surface area (Å²) >= 11 is 0. The maximum atomic E-state index is 12.5. The first-order valence-corrected chi connectivity index (χ1v) is 6.05. The molecule has 112 valence electrons. The van der Waals surface area contributed by atoms with Crippen molar-refractivity contribution in [1.82, 2.24) is 5.32 Å². The third kappa shape index (κ3) is 3.07. The van der Waals surface area contributed by atoms with E-state index in [0.717, 1.165) is 12.1 Å². The van der Waals surface area contributed by atoms with Crippen molar-refractivity contribution in [1.29, 1.82) is 0 Å². The van der Waals surface area contributed by atoms with Gasteiger partial charge in [-0.2, -0.15) is 13.2 Å². The average molecular weight is 309 g/mol. The van der Waals surface area contributed by atoms with E-state index in [-0.39, 0.29) is 12.4 Å². The lowest BCUT2D eigenvalue weighted by molar-refractivity contribution is -0.137. The Morgan fingerprint density at radius 2 is 1.65 bits per heavy atom. The van der Waals surface area contributed by atoms with Gasteiger partial charge in [0.05, 0.1) is 11.0 Å². The first-order valence-electron chi connectivity index (χ1n) is 6.05. The van der Waals surface area contributed by atoms with Crippen molar-refractivity contribution in [2.24, 2.45) is 5.73 Å². The molecule has 20 heavy (non-hydrogen) atoms. The molecular formula is C13H16ClF3N2O. The fourth-order valence-corrected chi connectivity index (χ4v) is 2.51. The summed E-state index contributed by atoms with van der Waals surface area (Å²) in [6.45, 7) is 1.26. The van der Waals surface area contributed by atoms with Crippen molar-refractivity contribution >= 4 is 18.3 Å². The number of nitrogens with one attached hydrogen (secondary N) is 1. The van der Waals surface area contributed by atoms with E-state index in [0.29, 0.717) is 31.5 Å². The molecule has 0 bridgehead atoms. The van der Waals surface area contributed by atoms with E-state index in [9.17, 15) is 18.0 Å². The molecule has 1 saturated heterocycles. The second kappa shape index (κ2) is 6.01. The molecule has 0 saturated carbocycles. The molecule has 0 aliphatic carbocycles. The predicted octanol–water partition coefficient (Wildman–Crippen LogP) is 2.23. The van der Waals surface area contributed by atoms with Crippen LogP contribution in [-0.2, 0) is 16.4 Å². The number of carbonyl (C=O) groups is 1. The van der Waals surface area contributed by atoms with E-state index >= 15 is 0 Å². The molecule has 1 fully saturated rings. The summed E-state index contributed by atoms with van der Waals surface area (Å²) in [5, 5.41) is 3.11. The van der Waals surface area contributed by atoms with E-state index in [2.05, 4.69) is 5.32 Å². The Labute approximate surface area is 121 Å². The number of benzene rings is 1. The first-order chi connectivity index (χ1) is 8.86. The van der Waals surface area contributed by atoms with Crippen LogP contribution < -0.4 is 11.1 Å². The van der Waals surface area contributed by atoms with Crippen LogP contribution in [0.5, 0.6) is 0 Å². The number of nitrogens with two attached hydrogens (primary N) is 1. The summed E-state index contributed by atoms with van der Waals surface area (Å²) in [4.78, 5) is 11.7. The fourth-order valence-electron chi connectivity index (χ4n) is 2.51. The van der Waals surface area contributed by atoms with Crippen molar-refractivity contribution in [3.63, 3.8) is 0 Å². The van der Waals surface area contributed by atoms with Gasteiger partial charge in [0.15, 0.2) is 0 Å². The van der Waals surface area contributed by atoms with Crippen LogP contribution in [0.1, 0.15) is 24.0 Å². The molecule has 7 heteroatoms. The minimum atomic E-state index is -4.37. The summed E-state index contributed by atoms with van der Waals surface area (Å²) < 4.78 is 37.5.